The van der Waals surface area contributed by atoms with Crippen molar-refractivity contribution in [3.05, 3.63) is 86.9 Å². The average Bonchev–Trinajstić information content (AvgIpc) is 2.92. The molecule has 0 aromatic heterocycles. The predicted molar refractivity (Wildman–Crippen MR) is 157 cm³/mol. The third-order valence-electron chi connectivity index (χ3n) is 5.90. The highest BCUT2D eigenvalue weighted by molar-refractivity contribution is 9.10. The quantitative estimate of drug-likeness (QED) is 0.141. The van der Waals surface area contributed by atoms with E-state index >= 15 is 0 Å². The zero-order valence-corrected chi connectivity index (χ0v) is 24.4. The number of nitrogens with zero attached hydrogens (tertiary/aromatic N) is 1. The van der Waals surface area contributed by atoms with E-state index in [0.717, 1.165) is 23.3 Å². The standard InChI is InChI=1S/C30H28BrClN2O6/c1-3-5-14-39-23-12-10-22(11-13-23)34-29(36)24(28(35)33-30(34)37)15-20-16-25(31)27(26(17-20)38-4-2)40-18-19-6-8-21(32)9-7-19/h6-13,15-17H,3-5,14,18H2,1-2H3,(H,33,35,37)/b24-15-. The molecule has 0 atom stereocenters. The van der Waals surface area contributed by atoms with Crippen molar-refractivity contribution in [2.75, 3.05) is 18.1 Å². The molecule has 1 saturated heterocycles. The normalized spacial score (nSPS) is 14.3. The van der Waals surface area contributed by atoms with Crippen molar-refractivity contribution < 1.29 is 28.6 Å². The summed E-state index contributed by atoms with van der Waals surface area (Å²) in [5, 5.41) is 2.88. The summed E-state index contributed by atoms with van der Waals surface area (Å²) >= 11 is 9.48. The van der Waals surface area contributed by atoms with E-state index in [4.69, 9.17) is 25.8 Å². The Labute approximate surface area is 246 Å². The van der Waals surface area contributed by atoms with Crippen LogP contribution in [-0.2, 0) is 16.2 Å². The number of amides is 4. The second kappa shape index (κ2) is 13.5. The van der Waals surface area contributed by atoms with E-state index in [-0.39, 0.29) is 12.2 Å². The third-order valence-corrected chi connectivity index (χ3v) is 6.74. The van der Waals surface area contributed by atoms with Gasteiger partial charge in [0.15, 0.2) is 11.5 Å². The zero-order valence-electron chi connectivity index (χ0n) is 22.0. The van der Waals surface area contributed by atoms with E-state index in [1.54, 1.807) is 48.5 Å². The maximum atomic E-state index is 13.4. The number of urea groups is 1. The zero-order chi connectivity index (χ0) is 28.6. The van der Waals surface area contributed by atoms with Gasteiger partial charge in [0, 0.05) is 5.02 Å². The molecule has 208 valence electrons. The lowest BCUT2D eigenvalue weighted by molar-refractivity contribution is -0.122. The number of ether oxygens (including phenoxy) is 3. The van der Waals surface area contributed by atoms with Crippen LogP contribution in [0.3, 0.4) is 0 Å². The third kappa shape index (κ3) is 7.03. The van der Waals surface area contributed by atoms with Crippen molar-refractivity contribution in [2.45, 2.75) is 33.3 Å². The maximum absolute atomic E-state index is 13.4. The van der Waals surface area contributed by atoms with Crippen LogP contribution < -0.4 is 24.4 Å². The Kier molecular flexibility index (Phi) is 9.84. The minimum absolute atomic E-state index is 0.202. The molecule has 3 aromatic carbocycles. The smallest absolute Gasteiger partial charge is 0.335 e. The van der Waals surface area contributed by atoms with Crippen LogP contribution in [0.1, 0.15) is 37.8 Å². The first kappa shape index (κ1) is 29.2. The van der Waals surface area contributed by atoms with Crippen molar-refractivity contribution in [3.8, 4) is 17.2 Å². The van der Waals surface area contributed by atoms with Crippen molar-refractivity contribution in [1.82, 2.24) is 5.32 Å². The molecule has 1 aliphatic rings. The lowest BCUT2D eigenvalue weighted by Crippen LogP contribution is -2.54. The first-order valence-electron chi connectivity index (χ1n) is 12.8. The molecule has 1 N–H and O–H groups in total. The molecule has 1 fully saturated rings. The summed E-state index contributed by atoms with van der Waals surface area (Å²) in [6.45, 7) is 5.12. The molecule has 0 saturated carbocycles. The van der Waals surface area contributed by atoms with E-state index in [2.05, 4.69) is 28.2 Å². The molecule has 0 spiro atoms. The average molecular weight is 628 g/mol. The summed E-state index contributed by atoms with van der Waals surface area (Å²) in [4.78, 5) is 39.6. The second-order valence-electron chi connectivity index (χ2n) is 8.83. The highest BCUT2D eigenvalue weighted by Gasteiger charge is 2.37. The van der Waals surface area contributed by atoms with E-state index < -0.39 is 17.8 Å². The number of benzene rings is 3. The Hall–Kier alpha value is -3.82. The van der Waals surface area contributed by atoms with Gasteiger partial charge in [-0.3, -0.25) is 14.9 Å². The van der Waals surface area contributed by atoms with Gasteiger partial charge in [-0.15, -0.1) is 0 Å². The molecule has 0 radical (unpaired) electrons. The van der Waals surface area contributed by atoms with Gasteiger partial charge in [-0.05, 0) is 95.0 Å². The topological polar surface area (TPSA) is 94.2 Å². The summed E-state index contributed by atoms with van der Waals surface area (Å²) < 4.78 is 18.0. The van der Waals surface area contributed by atoms with Crippen LogP contribution >= 0.6 is 27.5 Å². The van der Waals surface area contributed by atoms with Gasteiger partial charge in [-0.2, -0.15) is 0 Å². The fourth-order valence-electron chi connectivity index (χ4n) is 3.89. The van der Waals surface area contributed by atoms with Crippen molar-refractivity contribution >= 4 is 57.1 Å². The van der Waals surface area contributed by atoms with Gasteiger partial charge >= 0.3 is 6.03 Å². The molecule has 8 nitrogen and oxygen atoms in total. The number of anilines is 1. The minimum atomic E-state index is -0.825. The number of hydrogen-bond donors (Lipinski definition) is 1. The van der Waals surface area contributed by atoms with Crippen LogP contribution in [0.5, 0.6) is 17.2 Å². The Balaban J connectivity index is 1.58. The summed E-state index contributed by atoms with van der Waals surface area (Å²) in [6.07, 6.45) is 3.34. The first-order chi connectivity index (χ1) is 19.3. The molecule has 3 aromatic rings. The number of barbiturate groups is 1. The maximum Gasteiger partial charge on any atom is 0.335 e. The SMILES string of the molecule is CCCCOc1ccc(N2C(=O)NC(=O)/C(=C/c3cc(Br)c(OCc4ccc(Cl)cc4)c(OCC)c3)C2=O)cc1. The summed E-state index contributed by atoms with van der Waals surface area (Å²) in [6, 6.07) is 16.4. The highest BCUT2D eigenvalue weighted by Crippen LogP contribution is 2.38. The molecular formula is C30H28BrClN2O6. The van der Waals surface area contributed by atoms with Crippen LogP contribution in [-0.4, -0.2) is 31.1 Å². The van der Waals surface area contributed by atoms with Gasteiger partial charge in [-0.1, -0.05) is 37.1 Å². The van der Waals surface area contributed by atoms with Gasteiger partial charge in [0.1, 0.15) is 17.9 Å². The fourth-order valence-corrected chi connectivity index (χ4v) is 4.59. The Bertz CT molecular complexity index is 1420. The number of hydrogen-bond acceptors (Lipinski definition) is 6. The fraction of sp³-hybridized carbons (Fsp3) is 0.233. The molecule has 10 heteroatoms. The molecule has 4 amide bonds. The summed E-state index contributed by atoms with van der Waals surface area (Å²) in [5.74, 6) is -0.0154. The molecule has 0 unspecified atom stereocenters. The minimum Gasteiger partial charge on any atom is -0.494 e. The lowest BCUT2D eigenvalue weighted by atomic mass is 10.1. The number of unbranched alkanes of at least 4 members (excludes halogenated alkanes) is 1. The van der Waals surface area contributed by atoms with Crippen molar-refractivity contribution in [3.63, 3.8) is 0 Å². The van der Waals surface area contributed by atoms with Crippen LogP contribution in [0, 0.1) is 0 Å². The first-order valence-corrected chi connectivity index (χ1v) is 14.0. The van der Waals surface area contributed by atoms with Crippen LogP contribution in [0.15, 0.2) is 70.7 Å². The molecule has 40 heavy (non-hydrogen) atoms. The number of halogens is 2. The number of imide groups is 2. The Morgan fingerprint density at radius 3 is 2.35 bits per heavy atom. The number of rotatable bonds is 11. The monoisotopic (exact) mass is 626 g/mol. The van der Waals surface area contributed by atoms with E-state index in [1.165, 1.54) is 6.08 Å². The number of carbonyl (C=O) groups excluding carboxylic acids is 3. The van der Waals surface area contributed by atoms with Crippen LogP contribution in [0.2, 0.25) is 5.02 Å². The Morgan fingerprint density at radius 2 is 1.68 bits per heavy atom. The van der Waals surface area contributed by atoms with Gasteiger partial charge in [-0.25, -0.2) is 9.69 Å². The largest absolute Gasteiger partial charge is 0.494 e. The molecular weight excluding hydrogens is 600 g/mol. The summed E-state index contributed by atoms with van der Waals surface area (Å²) in [7, 11) is 0. The second-order valence-corrected chi connectivity index (χ2v) is 10.1. The number of carbonyl (C=O) groups is 3. The van der Waals surface area contributed by atoms with Crippen LogP contribution in [0.25, 0.3) is 6.08 Å². The molecule has 4 rings (SSSR count). The van der Waals surface area contributed by atoms with Crippen molar-refractivity contribution in [2.24, 2.45) is 0 Å². The molecule has 0 bridgehead atoms. The summed E-state index contributed by atoms with van der Waals surface area (Å²) in [5.41, 5.74) is 1.53. The molecule has 0 aliphatic carbocycles. The molecule has 1 aliphatic heterocycles. The van der Waals surface area contributed by atoms with E-state index in [0.29, 0.717) is 51.2 Å². The van der Waals surface area contributed by atoms with Crippen LogP contribution in [0.4, 0.5) is 10.5 Å². The van der Waals surface area contributed by atoms with Gasteiger partial charge in [0.05, 0.1) is 23.4 Å². The van der Waals surface area contributed by atoms with E-state index in [9.17, 15) is 14.4 Å². The highest BCUT2D eigenvalue weighted by atomic mass is 79.9. The van der Waals surface area contributed by atoms with Gasteiger partial charge < -0.3 is 14.2 Å². The van der Waals surface area contributed by atoms with Gasteiger partial charge in [0.25, 0.3) is 11.8 Å². The number of nitrogens with one attached hydrogen (secondary N) is 1. The van der Waals surface area contributed by atoms with Gasteiger partial charge in [0.2, 0.25) is 0 Å². The lowest BCUT2D eigenvalue weighted by Gasteiger charge is -2.26. The molecule has 1 heterocycles. The van der Waals surface area contributed by atoms with Crippen molar-refractivity contribution in [1.29, 1.82) is 0 Å². The predicted octanol–water partition coefficient (Wildman–Crippen LogP) is 6.93. The van der Waals surface area contributed by atoms with E-state index in [1.807, 2.05) is 19.1 Å². The Morgan fingerprint density at radius 1 is 0.950 bits per heavy atom.